The molecule has 0 unspecified atom stereocenters. The van der Waals surface area contributed by atoms with E-state index in [1.807, 2.05) is 0 Å². The normalized spacial score (nSPS) is 19.4. The minimum atomic E-state index is 0. The van der Waals surface area contributed by atoms with Gasteiger partial charge in [0, 0.05) is 26.2 Å². The van der Waals surface area contributed by atoms with E-state index in [4.69, 9.17) is 0 Å². The summed E-state index contributed by atoms with van der Waals surface area (Å²) in [6.07, 6.45) is 2.68. The van der Waals surface area contributed by atoms with Gasteiger partial charge in [-0.15, -0.1) is 0 Å². The smallest absolute Gasteiger partial charge is 0.0107 e. The van der Waals surface area contributed by atoms with Gasteiger partial charge in [-0.25, -0.2) is 0 Å². The molecule has 1 saturated heterocycles. The van der Waals surface area contributed by atoms with Crippen molar-refractivity contribution in [2.75, 3.05) is 32.7 Å². The molecule has 0 aromatic rings. The predicted molar refractivity (Wildman–Crippen MR) is 49.2 cm³/mol. The molecule has 68 valence electrons. The molecule has 11 heavy (non-hydrogen) atoms. The van der Waals surface area contributed by atoms with Crippen molar-refractivity contribution in [3.63, 3.8) is 0 Å². The average molecular weight is 159 g/mol. The van der Waals surface area contributed by atoms with E-state index in [2.05, 4.69) is 17.1 Å². The molecule has 0 aromatic carbocycles. The highest BCUT2D eigenvalue weighted by Gasteiger charge is 2.06. The average Bonchev–Trinajstić information content (AvgIpc) is 2.03. The summed E-state index contributed by atoms with van der Waals surface area (Å²) in [6, 6.07) is 0. The Balaban J connectivity index is 0.000001000. The fourth-order valence-electron chi connectivity index (χ4n) is 1.32. The lowest BCUT2D eigenvalue weighted by molar-refractivity contribution is 0.238. The molecule has 0 bridgehead atoms. The van der Waals surface area contributed by atoms with Crippen LogP contribution in [-0.2, 0) is 0 Å². The molecule has 0 atom stereocenters. The van der Waals surface area contributed by atoms with Crippen molar-refractivity contribution in [1.29, 1.82) is 0 Å². The van der Waals surface area contributed by atoms with Gasteiger partial charge in [0.15, 0.2) is 0 Å². The molecule has 3 heteroatoms. The molecule has 1 fully saturated rings. The van der Waals surface area contributed by atoms with Crippen LogP contribution in [0.1, 0.15) is 19.8 Å². The van der Waals surface area contributed by atoms with E-state index in [9.17, 15) is 0 Å². The second-order valence-electron chi connectivity index (χ2n) is 2.95. The van der Waals surface area contributed by atoms with Crippen molar-refractivity contribution in [1.82, 2.24) is 16.4 Å². The first kappa shape index (κ1) is 10.9. The van der Waals surface area contributed by atoms with Gasteiger partial charge in [0.1, 0.15) is 0 Å². The molecule has 1 rings (SSSR count). The third kappa shape index (κ3) is 4.35. The van der Waals surface area contributed by atoms with E-state index in [1.165, 1.54) is 45.6 Å². The van der Waals surface area contributed by atoms with E-state index in [-0.39, 0.29) is 6.15 Å². The highest BCUT2D eigenvalue weighted by molar-refractivity contribution is 4.66. The Labute approximate surface area is 69.7 Å². The summed E-state index contributed by atoms with van der Waals surface area (Å²) >= 11 is 0. The Morgan fingerprint density at radius 3 is 2.45 bits per heavy atom. The Hall–Kier alpha value is -0.120. The maximum absolute atomic E-state index is 3.35. The number of hydrogen-bond donors (Lipinski definition) is 2. The van der Waals surface area contributed by atoms with Crippen molar-refractivity contribution < 1.29 is 0 Å². The number of rotatable bonds is 3. The fourth-order valence-corrected chi connectivity index (χ4v) is 1.32. The first-order valence-electron chi connectivity index (χ1n) is 4.36. The SMILES string of the molecule is CCCCN1CCNCC1.N. The molecule has 0 saturated carbocycles. The summed E-state index contributed by atoms with van der Waals surface area (Å²) in [6.45, 7) is 8.42. The van der Waals surface area contributed by atoms with Gasteiger partial charge in [0.25, 0.3) is 0 Å². The van der Waals surface area contributed by atoms with Crippen LogP contribution in [0.3, 0.4) is 0 Å². The maximum atomic E-state index is 3.35. The molecule has 4 N–H and O–H groups in total. The van der Waals surface area contributed by atoms with Crippen LogP contribution < -0.4 is 11.5 Å². The first-order chi connectivity index (χ1) is 4.93. The number of unbranched alkanes of at least 4 members (excludes halogenated alkanes) is 1. The first-order valence-corrected chi connectivity index (χ1v) is 4.36. The van der Waals surface area contributed by atoms with Gasteiger partial charge < -0.3 is 16.4 Å². The minimum absolute atomic E-state index is 0. The molecule has 1 aliphatic heterocycles. The van der Waals surface area contributed by atoms with Gasteiger partial charge in [0.2, 0.25) is 0 Å². The number of piperazine rings is 1. The Kier molecular flexibility index (Phi) is 6.51. The van der Waals surface area contributed by atoms with Crippen molar-refractivity contribution in [3.05, 3.63) is 0 Å². The second-order valence-corrected chi connectivity index (χ2v) is 2.95. The van der Waals surface area contributed by atoms with Gasteiger partial charge in [-0.2, -0.15) is 0 Å². The van der Waals surface area contributed by atoms with E-state index in [1.54, 1.807) is 0 Å². The lowest BCUT2D eigenvalue weighted by Crippen LogP contribution is -2.43. The summed E-state index contributed by atoms with van der Waals surface area (Å²) in [7, 11) is 0. The quantitative estimate of drug-likeness (QED) is 0.642. The Morgan fingerprint density at radius 2 is 1.91 bits per heavy atom. The number of hydrogen-bond acceptors (Lipinski definition) is 3. The maximum Gasteiger partial charge on any atom is 0.0107 e. The van der Waals surface area contributed by atoms with Crippen LogP contribution in [0.15, 0.2) is 0 Å². The summed E-state index contributed by atoms with van der Waals surface area (Å²) in [4.78, 5) is 2.54. The van der Waals surface area contributed by atoms with Crippen LogP contribution in [0, 0.1) is 0 Å². The molecule has 0 aromatic heterocycles. The van der Waals surface area contributed by atoms with Gasteiger partial charge in [-0.3, -0.25) is 0 Å². The lowest BCUT2D eigenvalue weighted by atomic mass is 10.3. The van der Waals surface area contributed by atoms with Crippen molar-refractivity contribution in [2.45, 2.75) is 19.8 Å². The largest absolute Gasteiger partial charge is 0.344 e. The molecule has 1 heterocycles. The summed E-state index contributed by atoms with van der Waals surface area (Å²) < 4.78 is 0. The second kappa shape index (κ2) is 6.58. The monoisotopic (exact) mass is 159 g/mol. The molecule has 0 spiro atoms. The zero-order valence-corrected chi connectivity index (χ0v) is 7.60. The Morgan fingerprint density at radius 1 is 1.27 bits per heavy atom. The van der Waals surface area contributed by atoms with Crippen LogP contribution in [-0.4, -0.2) is 37.6 Å². The van der Waals surface area contributed by atoms with Gasteiger partial charge >= 0.3 is 0 Å². The standard InChI is InChI=1S/C8H18N2.H3N/c1-2-3-6-10-7-4-9-5-8-10;/h9H,2-8H2,1H3;1H3. The molecule has 0 radical (unpaired) electrons. The summed E-state index contributed by atoms with van der Waals surface area (Å²) in [5.74, 6) is 0. The van der Waals surface area contributed by atoms with Gasteiger partial charge in [0.05, 0.1) is 0 Å². The Bertz CT molecular complexity index is 79.4. The molecular weight excluding hydrogens is 138 g/mol. The zero-order valence-electron chi connectivity index (χ0n) is 7.60. The lowest BCUT2D eigenvalue weighted by Gasteiger charge is -2.26. The van der Waals surface area contributed by atoms with Gasteiger partial charge in [-0.1, -0.05) is 13.3 Å². The third-order valence-electron chi connectivity index (χ3n) is 2.04. The highest BCUT2D eigenvalue weighted by atomic mass is 15.2. The van der Waals surface area contributed by atoms with Crippen LogP contribution in [0.2, 0.25) is 0 Å². The van der Waals surface area contributed by atoms with E-state index in [0.717, 1.165) is 0 Å². The molecule has 3 nitrogen and oxygen atoms in total. The van der Waals surface area contributed by atoms with E-state index >= 15 is 0 Å². The topological polar surface area (TPSA) is 50.3 Å². The van der Waals surface area contributed by atoms with Gasteiger partial charge in [-0.05, 0) is 13.0 Å². The van der Waals surface area contributed by atoms with Crippen LogP contribution in [0.25, 0.3) is 0 Å². The third-order valence-corrected chi connectivity index (χ3v) is 2.04. The van der Waals surface area contributed by atoms with E-state index < -0.39 is 0 Å². The molecule has 0 amide bonds. The van der Waals surface area contributed by atoms with Crippen LogP contribution in [0.5, 0.6) is 0 Å². The summed E-state index contributed by atoms with van der Waals surface area (Å²) in [5.41, 5.74) is 0. The number of nitrogens with one attached hydrogen (secondary N) is 1. The fraction of sp³-hybridized carbons (Fsp3) is 1.00. The van der Waals surface area contributed by atoms with E-state index in [0.29, 0.717) is 0 Å². The van der Waals surface area contributed by atoms with Crippen molar-refractivity contribution in [3.8, 4) is 0 Å². The molecule has 1 aliphatic rings. The minimum Gasteiger partial charge on any atom is -0.344 e. The predicted octanol–water partition coefficient (Wildman–Crippen LogP) is 0.854. The van der Waals surface area contributed by atoms with Crippen molar-refractivity contribution >= 4 is 0 Å². The zero-order chi connectivity index (χ0) is 7.23. The number of nitrogens with zero attached hydrogens (tertiary/aromatic N) is 1. The van der Waals surface area contributed by atoms with Crippen LogP contribution in [0.4, 0.5) is 0 Å². The van der Waals surface area contributed by atoms with Crippen LogP contribution >= 0.6 is 0 Å². The van der Waals surface area contributed by atoms with Crippen molar-refractivity contribution in [2.24, 2.45) is 0 Å². The molecule has 0 aliphatic carbocycles. The highest BCUT2D eigenvalue weighted by Crippen LogP contribution is 1.95. The summed E-state index contributed by atoms with van der Waals surface area (Å²) in [5, 5.41) is 3.35. The molecular formula is C8H21N3.